The molecule has 1 N–H and O–H groups in total. The van der Waals surface area contributed by atoms with Crippen LogP contribution in [-0.2, 0) is 13.0 Å². The van der Waals surface area contributed by atoms with E-state index >= 15 is 0 Å². The molecule has 1 aromatic heterocycles. The number of aromatic hydroxyl groups is 1. The highest BCUT2D eigenvalue weighted by molar-refractivity contribution is 6.09. The van der Waals surface area contributed by atoms with Crippen molar-refractivity contribution in [3.05, 3.63) is 53.3 Å². The van der Waals surface area contributed by atoms with Crippen LogP contribution in [0.1, 0.15) is 28.2 Å². The summed E-state index contributed by atoms with van der Waals surface area (Å²) in [6, 6.07) is 10.8. The number of aromatic nitrogens is 1. The summed E-state index contributed by atoms with van der Waals surface area (Å²) < 4.78 is 1.94. The van der Waals surface area contributed by atoms with Gasteiger partial charge in [-0.3, -0.25) is 4.79 Å². The van der Waals surface area contributed by atoms with E-state index in [4.69, 9.17) is 0 Å². The number of aryl methyl sites for hydroxylation is 1. The number of rotatable bonds is 2. The molecular formula is C14H13NO2. The van der Waals surface area contributed by atoms with Gasteiger partial charge in [0.05, 0.1) is 0 Å². The molecule has 0 saturated heterocycles. The molecule has 17 heavy (non-hydrogen) atoms. The third-order valence-corrected chi connectivity index (χ3v) is 3.23. The van der Waals surface area contributed by atoms with Crippen molar-refractivity contribution in [2.75, 3.05) is 0 Å². The fourth-order valence-electron chi connectivity index (χ4n) is 2.43. The maximum atomic E-state index is 12.3. The van der Waals surface area contributed by atoms with E-state index in [9.17, 15) is 9.90 Å². The Bertz CT molecular complexity index is 569. The lowest BCUT2D eigenvalue weighted by atomic mass is 10.1. The molecule has 2 aromatic rings. The predicted octanol–water partition coefficient (Wildman–Crippen LogP) is 2.37. The van der Waals surface area contributed by atoms with E-state index in [2.05, 4.69) is 0 Å². The van der Waals surface area contributed by atoms with Crippen molar-refractivity contribution >= 4 is 5.78 Å². The Morgan fingerprint density at radius 3 is 2.76 bits per heavy atom. The number of fused-ring (bicyclic) bond motifs is 1. The van der Waals surface area contributed by atoms with Gasteiger partial charge in [-0.15, -0.1) is 0 Å². The fraction of sp³-hybridized carbons (Fsp3) is 0.214. The van der Waals surface area contributed by atoms with Gasteiger partial charge in [0.25, 0.3) is 0 Å². The van der Waals surface area contributed by atoms with Crippen molar-refractivity contribution in [1.82, 2.24) is 4.57 Å². The number of nitrogens with zero attached hydrogens (tertiary/aromatic N) is 1. The number of hydrogen-bond acceptors (Lipinski definition) is 2. The van der Waals surface area contributed by atoms with Crippen molar-refractivity contribution < 1.29 is 9.90 Å². The van der Waals surface area contributed by atoms with Gasteiger partial charge in [0.2, 0.25) is 5.78 Å². The Balaban J connectivity index is 2.08. The van der Waals surface area contributed by atoms with Crippen LogP contribution in [0.2, 0.25) is 0 Å². The average Bonchev–Trinajstić information content (AvgIpc) is 2.89. The molecule has 0 aliphatic carbocycles. The molecule has 2 heterocycles. The summed E-state index contributed by atoms with van der Waals surface area (Å²) in [5, 5.41) is 9.87. The molecule has 0 radical (unpaired) electrons. The highest BCUT2D eigenvalue weighted by atomic mass is 16.3. The van der Waals surface area contributed by atoms with E-state index < -0.39 is 0 Å². The van der Waals surface area contributed by atoms with Gasteiger partial charge in [-0.1, -0.05) is 30.3 Å². The summed E-state index contributed by atoms with van der Waals surface area (Å²) in [5.74, 6) is 0.00445. The first-order chi connectivity index (χ1) is 8.27. The highest BCUT2D eigenvalue weighted by Gasteiger charge is 2.24. The second-order valence-corrected chi connectivity index (χ2v) is 4.32. The monoisotopic (exact) mass is 227 g/mol. The molecular weight excluding hydrogens is 214 g/mol. The molecule has 0 amide bonds. The lowest BCUT2D eigenvalue weighted by molar-refractivity contribution is 0.102. The third-order valence-electron chi connectivity index (χ3n) is 3.23. The van der Waals surface area contributed by atoms with Gasteiger partial charge in [0, 0.05) is 23.9 Å². The van der Waals surface area contributed by atoms with Gasteiger partial charge in [-0.05, 0) is 12.8 Å². The molecule has 0 bridgehead atoms. The Morgan fingerprint density at radius 1 is 1.24 bits per heavy atom. The molecule has 3 nitrogen and oxygen atoms in total. The van der Waals surface area contributed by atoms with Crippen LogP contribution in [0.5, 0.6) is 5.75 Å². The molecule has 0 atom stereocenters. The number of ketones is 1. The lowest BCUT2D eigenvalue weighted by Crippen LogP contribution is -2.09. The quantitative estimate of drug-likeness (QED) is 0.800. The smallest absolute Gasteiger partial charge is 0.213 e. The minimum Gasteiger partial charge on any atom is -0.506 e. The van der Waals surface area contributed by atoms with Crippen molar-refractivity contribution in [2.45, 2.75) is 19.4 Å². The zero-order valence-corrected chi connectivity index (χ0v) is 9.39. The molecule has 1 aliphatic rings. The first kappa shape index (κ1) is 10.1. The lowest BCUT2D eigenvalue weighted by Gasteiger charge is -2.05. The molecule has 0 spiro atoms. The normalized spacial score (nSPS) is 13.6. The maximum absolute atomic E-state index is 12.3. The fourth-order valence-corrected chi connectivity index (χ4v) is 2.43. The number of benzene rings is 1. The highest BCUT2D eigenvalue weighted by Crippen LogP contribution is 2.29. The molecule has 3 rings (SSSR count). The number of carbonyl (C=O) groups excluding carboxylic acids is 1. The summed E-state index contributed by atoms with van der Waals surface area (Å²) >= 11 is 0. The topological polar surface area (TPSA) is 42.2 Å². The van der Waals surface area contributed by atoms with Crippen LogP contribution in [0.25, 0.3) is 0 Å². The minimum atomic E-state index is -0.101. The van der Waals surface area contributed by atoms with E-state index in [1.54, 1.807) is 18.2 Å². The third kappa shape index (κ3) is 1.55. The van der Waals surface area contributed by atoms with Gasteiger partial charge < -0.3 is 9.67 Å². The van der Waals surface area contributed by atoms with E-state index in [1.165, 1.54) is 0 Å². The van der Waals surface area contributed by atoms with Crippen molar-refractivity contribution in [1.29, 1.82) is 0 Å². The van der Waals surface area contributed by atoms with Crippen molar-refractivity contribution in [3.63, 3.8) is 0 Å². The van der Waals surface area contributed by atoms with Crippen LogP contribution in [0.15, 0.2) is 36.4 Å². The second-order valence-electron chi connectivity index (χ2n) is 4.32. The molecule has 0 fully saturated rings. The van der Waals surface area contributed by atoms with E-state index in [0.717, 1.165) is 25.1 Å². The summed E-state index contributed by atoms with van der Waals surface area (Å²) in [6.07, 6.45) is 1.99. The molecule has 3 heteroatoms. The van der Waals surface area contributed by atoms with Crippen LogP contribution < -0.4 is 0 Å². The van der Waals surface area contributed by atoms with E-state index in [1.807, 2.05) is 22.8 Å². The summed E-state index contributed by atoms with van der Waals surface area (Å²) in [5.41, 5.74) is 2.11. The summed E-state index contributed by atoms with van der Waals surface area (Å²) in [7, 11) is 0. The van der Waals surface area contributed by atoms with Crippen LogP contribution >= 0.6 is 0 Å². The van der Waals surface area contributed by atoms with Crippen LogP contribution in [0.3, 0.4) is 0 Å². The summed E-state index contributed by atoms with van der Waals surface area (Å²) in [6.45, 7) is 0.823. The number of hydrogen-bond donors (Lipinski definition) is 1. The Kier molecular flexibility index (Phi) is 2.25. The Morgan fingerprint density at radius 2 is 2.00 bits per heavy atom. The first-order valence-electron chi connectivity index (χ1n) is 5.78. The van der Waals surface area contributed by atoms with Gasteiger partial charge in [0.1, 0.15) is 11.4 Å². The van der Waals surface area contributed by atoms with E-state index in [-0.39, 0.29) is 11.5 Å². The van der Waals surface area contributed by atoms with Crippen LogP contribution in [0.4, 0.5) is 0 Å². The largest absolute Gasteiger partial charge is 0.506 e. The van der Waals surface area contributed by atoms with Gasteiger partial charge in [0.15, 0.2) is 0 Å². The minimum absolute atomic E-state index is 0.101. The van der Waals surface area contributed by atoms with Crippen LogP contribution in [-0.4, -0.2) is 15.5 Å². The molecule has 0 unspecified atom stereocenters. The molecule has 0 saturated carbocycles. The average molecular weight is 227 g/mol. The van der Waals surface area contributed by atoms with E-state index in [0.29, 0.717) is 11.3 Å². The zero-order chi connectivity index (χ0) is 11.8. The SMILES string of the molecule is O=C(c1ccccc1)c1c(O)cc2n1CCC2. The standard InChI is InChI=1S/C14H13NO2/c16-12-9-11-7-4-8-15(11)13(12)14(17)10-5-2-1-3-6-10/h1-3,5-6,9,16H,4,7-8H2. The Hall–Kier alpha value is -2.03. The van der Waals surface area contributed by atoms with Crippen molar-refractivity contribution in [3.8, 4) is 5.75 Å². The van der Waals surface area contributed by atoms with Crippen molar-refractivity contribution in [2.24, 2.45) is 0 Å². The summed E-state index contributed by atoms with van der Waals surface area (Å²) in [4.78, 5) is 12.3. The molecule has 86 valence electrons. The molecule has 1 aliphatic heterocycles. The zero-order valence-electron chi connectivity index (χ0n) is 9.39. The first-order valence-corrected chi connectivity index (χ1v) is 5.78. The van der Waals surface area contributed by atoms with Gasteiger partial charge in [-0.25, -0.2) is 0 Å². The second kappa shape index (κ2) is 3.77. The number of carbonyl (C=O) groups is 1. The van der Waals surface area contributed by atoms with Gasteiger partial charge in [-0.2, -0.15) is 0 Å². The Labute approximate surface area is 99.3 Å². The van der Waals surface area contributed by atoms with Gasteiger partial charge >= 0.3 is 0 Å². The molecule has 1 aromatic carbocycles. The predicted molar refractivity (Wildman–Crippen MR) is 64.3 cm³/mol. The van der Waals surface area contributed by atoms with Crippen LogP contribution in [0, 0.1) is 0 Å². The maximum Gasteiger partial charge on any atom is 0.213 e.